The van der Waals surface area contributed by atoms with Crippen LogP contribution in [0.5, 0.6) is 0 Å². The average molecular weight is 399 g/mol. The van der Waals surface area contributed by atoms with Crippen molar-refractivity contribution < 1.29 is 4.74 Å². The van der Waals surface area contributed by atoms with Crippen molar-refractivity contribution in [2.75, 3.05) is 12.4 Å². The highest BCUT2D eigenvalue weighted by atomic mass is 16.5. The zero-order chi connectivity index (χ0) is 21.3. The van der Waals surface area contributed by atoms with Crippen LogP contribution in [0.15, 0.2) is 54.7 Å². The van der Waals surface area contributed by atoms with Gasteiger partial charge in [-0.2, -0.15) is 0 Å². The van der Waals surface area contributed by atoms with Crippen LogP contribution in [0, 0.1) is 13.8 Å². The minimum Gasteiger partial charge on any atom is -0.374 e. The van der Waals surface area contributed by atoms with Crippen LogP contribution in [-0.2, 0) is 10.3 Å². The zero-order valence-electron chi connectivity index (χ0n) is 17.9. The summed E-state index contributed by atoms with van der Waals surface area (Å²) in [6.45, 7) is 7.99. The number of rotatable bonds is 5. The SMILES string of the molecule is COC(C)(C)c1ccc(Nc2nc(C)nc3nc(-c4ncccc4C)ccc23)cc1. The highest BCUT2D eigenvalue weighted by Gasteiger charge is 2.19. The van der Waals surface area contributed by atoms with E-state index >= 15 is 0 Å². The summed E-state index contributed by atoms with van der Waals surface area (Å²) in [6, 6.07) is 16.1. The van der Waals surface area contributed by atoms with Crippen LogP contribution in [0.4, 0.5) is 11.5 Å². The van der Waals surface area contributed by atoms with Crippen molar-refractivity contribution >= 4 is 22.5 Å². The molecule has 0 atom stereocenters. The third-order valence-electron chi connectivity index (χ3n) is 5.28. The summed E-state index contributed by atoms with van der Waals surface area (Å²) in [7, 11) is 1.72. The Labute approximate surface area is 176 Å². The molecular weight excluding hydrogens is 374 g/mol. The lowest BCUT2D eigenvalue weighted by molar-refractivity contribution is 0.0192. The fourth-order valence-corrected chi connectivity index (χ4v) is 3.31. The van der Waals surface area contributed by atoms with Gasteiger partial charge in [0, 0.05) is 19.0 Å². The van der Waals surface area contributed by atoms with Crippen LogP contribution in [0.1, 0.15) is 30.8 Å². The van der Waals surface area contributed by atoms with E-state index in [0.717, 1.165) is 39.4 Å². The molecule has 0 aliphatic carbocycles. The van der Waals surface area contributed by atoms with Gasteiger partial charge in [0.15, 0.2) is 5.65 Å². The van der Waals surface area contributed by atoms with Crippen LogP contribution < -0.4 is 5.32 Å². The van der Waals surface area contributed by atoms with E-state index in [-0.39, 0.29) is 5.60 Å². The first-order valence-corrected chi connectivity index (χ1v) is 9.87. The number of nitrogens with one attached hydrogen (secondary N) is 1. The number of aryl methyl sites for hydroxylation is 2. The molecule has 0 amide bonds. The van der Waals surface area contributed by atoms with Crippen molar-refractivity contribution in [2.45, 2.75) is 33.3 Å². The largest absolute Gasteiger partial charge is 0.374 e. The normalized spacial score (nSPS) is 11.6. The second-order valence-electron chi connectivity index (χ2n) is 7.77. The smallest absolute Gasteiger partial charge is 0.165 e. The predicted molar refractivity (Wildman–Crippen MR) is 120 cm³/mol. The summed E-state index contributed by atoms with van der Waals surface area (Å²) in [6.07, 6.45) is 1.78. The van der Waals surface area contributed by atoms with E-state index in [4.69, 9.17) is 9.72 Å². The van der Waals surface area contributed by atoms with Gasteiger partial charge in [-0.1, -0.05) is 18.2 Å². The summed E-state index contributed by atoms with van der Waals surface area (Å²) in [5.74, 6) is 1.39. The monoisotopic (exact) mass is 399 g/mol. The number of nitrogens with zero attached hydrogens (tertiary/aromatic N) is 4. The minimum absolute atomic E-state index is 0.333. The van der Waals surface area contributed by atoms with Gasteiger partial charge in [-0.25, -0.2) is 15.0 Å². The van der Waals surface area contributed by atoms with Gasteiger partial charge >= 0.3 is 0 Å². The lowest BCUT2D eigenvalue weighted by atomic mass is 9.98. The second kappa shape index (κ2) is 7.80. The van der Waals surface area contributed by atoms with Crippen molar-refractivity contribution in [3.05, 3.63) is 71.7 Å². The van der Waals surface area contributed by atoms with Gasteiger partial charge < -0.3 is 10.1 Å². The Morgan fingerprint density at radius 1 is 0.900 bits per heavy atom. The molecular formula is C24H25N5O. The molecule has 0 bridgehead atoms. The number of fused-ring (bicyclic) bond motifs is 1. The van der Waals surface area contributed by atoms with Crippen LogP contribution >= 0.6 is 0 Å². The molecule has 152 valence electrons. The number of ether oxygens (including phenoxy) is 1. The van der Waals surface area contributed by atoms with Crippen LogP contribution in [0.2, 0.25) is 0 Å². The number of hydrogen-bond donors (Lipinski definition) is 1. The van der Waals surface area contributed by atoms with Crippen molar-refractivity contribution in [3.8, 4) is 11.4 Å². The number of aromatic nitrogens is 4. The second-order valence-corrected chi connectivity index (χ2v) is 7.77. The Hall–Kier alpha value is -3.38. The van der Waals surface area contributed by atoms with Crippen molar-refractivity contribution in [2.24, 2.45) is 0 Å². The minimum atomic E-state index is -0.333. The van der Waals surface area contributed by atoms with E-state index in [1.165, 1.54) is 0 Å². The first-order valence-electron chi connectivity index (χ1n) is 9.87. The molecule has 0 radical (unpaired) electrons. The number of benzene rings is 1. The Kier molecular flexibility index (Phi) is 5.18. The Bertz CT molecular complexity index is 1200. The Morgan fingerprint density at radius 2 is 1.67 bits per heavy atom. The third-order valence-corrected chi connectivity index (χ3v) is 5.28. The molecule has 6 nitrogen and oxygen atoms in total. The fourth-order valence-electron chi connectivity index (χ4n) is 3.31. The molecule has 3 heterocycles. The van der Waals surface area contributed by atoms with E-state index in [9.17, 15) is 0 Å². The van der Waals surface area contributed by atoms with Gasteiger partial charge in [0.25, 0.3) is 0 Å². The maximum Gasteiger partial charge on any atom is 0.165 e. The van der Waals surface area contributed by atoms with Gasteiger partial charge in [-0.3, -0.25) is 4.98 Å². The quantitative estimate of drug-likeness (QED) is 0.489. The molecule has 0 aliphatic heterocycles. The number of hydrogen-bond acceptors (Lipinski definition) is 6. The van der Waals surface area contributed by atoms with Gasteiger partial charge in [-0.15, -0.1) is 0 Å². The van der Waals surface area contributed by atoms with Gasteiger partial charge in [0.1, 0.15) is 11.6 Å². The predicted octanol–water partition coefficient (Wildman–Crippen LogP) is 5.33. The van der Waals surface area contributed by atoms with Crippen molar-refractivity contribution in [1.82, 2.24) is 19.9 Å². The molecule has 1 N–H and O–H groups in total. The number of anilines is 2. The highest BCUT2D eigenvalue weighted by molar-refractivity contribution is 5.90. The van der Waals surface area contributed by atoms with E-state index in [2.05, 4.69) is 32.4 Å². The maximum absolute atomic E-state index is 5.56. The number of pyridine rings is 2. The summed E-state index contributed by atoms with van der Waals surface area (Å²) < 4.78 is 5.56. The maximum atomic E-state index is 5.56. The van der Waals surface area contributed by atoms with E-state index in [1.807, 2.05) is 64.1 Å². The molecule has 0 unspecified atom stereocenters. The van der Waals surface area contributed by atoms with Gasteiger partial charge in [-0.05, 0) is 69.2 Å². The third kappa shape index (κ3) is 3.86. The Balaban J connectivity index is 1.70. The summed E-state index contributed by atoms with van der Waals surface area (Å²) in [4.78, 5) is 18.4. The van der Waals surface area contributed by atoms with Crippen molar-refractivity contribution in [3.63, 3.8) is 0 Å². The lowest BCUT2D eigenvalue weighted by Gasteiger charge is -2.23. The van der Waals surface area contributed by atoms with Crippen LogP contribution in [0.3, 0.4) is 0 Å². The summed E-state index contributed by atoms with van der Waals surface area (Å²) in [5, 5.41) is 4.27. The average Bonchev–Trinajstić information content (AvgIpc) is 2.74. The zero-order valence-corrected chi connectivity index (χ0v) is 17.9. The molecule has 0 saturated carbocycles. The van der Waals surface area contributed by atoms with Gasteiger partial charge in [0.05, 0.1) is 22.4 Å². The molecule has 4 rings (SSSR count). The Morgan fingerprint density at radius 3 is 2.37 bits per heavy atom. The van der Waals surface area contributed by atoms with Crippen molar-refractivity contribution in [1.29, 1.82) is 0 Å². The molecule has 1 aromatic carbocycles. The topological polar surface area (TPSA) is 72.8 Å². The molecule has 0 aliphatic rings. The molecule has 4 aromatic rings. The molecule has 30 heavy (non-hydrogen) atoms. The molecule has 0 saturated heterocycles. The molecule has 3 aromatic heterocycles. The lowest BCUT2D eigenvalue weighted by Crippen LogP contribution is -2.19. The standard InChI is InChI=1S/C24H25N5O/c1-15-7-6-14-25-21(15)20-13-12-19-22(26-16(2)27-23(19)29-20)28-18-10-8-17(9-11-18)24(3,4)30-5/h6-14H,1-5H3,(H,26,27,28,29). The summed E-state index contributed by atoms with van der Waals surface area (Å²) >= 11 is 0. The highest BCUT2D eigenvalue weighted by Crippen LogP contribution is 2.29. The first-order chi connectivity index (χ1) is 14.4. The first kappa shape index (κ1) is 19.9. The van der Waals surface area contributed by atoms with E-state index in [1.54, 1.807) is 13.3 Å². The molecule has 6 heteroatoms. The van der Waals surface area contributed by atoms with Crippen LogP contribution in [-0.4, -0.2) is 27.0 Å². The molecule has 0 fully saturated rings. The summed E-state index contributed by atoms with van der Waals surface area (Å²) in [5.41, 5.74) is 5.10. The fraction of sp³-hybridized carbons (Fsp3) is 0.250. The van der Waals surface area contributed by atoms with Gasteiger partial charge in [0.2, 0.25) is 0 Å². The molecule has 0 spiro atoms. The van der Waals surface area contributed by atoms with E-state index < -0.39 is 0 Å². The van der Waals surface area contributed by atoms with E-state index in [0.29, 0.717) is 11.5 Å². The number of methoxy groups -OCH3 is 1. The van der Waals surface area contributed by atoms with Crippen LogP contribution in [0.25, 0.3) is 22.4 Å².